The Morgan fingerprint density at radius 1 is 1.04 bits per heavy atom. The molecule has 0 heterocycles. The molecule has 1 unspecified atom stereocenters. The molecule has 26 heavy (non-hydrogen) atoms. The lowest BCUT2D eigenvalue weighted by Crippen LogP contribution is -2.31. The van der Waals surface area contributed by atoms with Gasteiger partial charge in [0.15, 0.2) is 6.10 Å². The van der Waals surface area contributed by atoms with Crippen molar-refractivity contribution in [2.75, 3.05) is 19.0 Å². The van der Waals surface area contributed by atoms with Crippen LogP contribution in [0, 0.1) is 0 Å². The van der Waals surface area contributed by atoms with Crippen molar-refractivity contribution in [2.24, 2.45) is 0 Å². The van der Waals surface area contributed by atoms with Gasteiger partial charge in [-0.25, -0.2) is 0 Å². The van der Waals surface area contributed by atoms with Crippen molar-refractivity contribution >= 4 is 23.5 Å². The Kier molecular flexibility index (Phi) is 6.73. The average molecular weight is 356 g/mol. The third-order valence-electron chi connectivity index (χ3n) is 3.44. The van der Waals surface area contributed by atoms with Crippen LogP contribution in [0.1, 0.15) is 17.3 Å². The molecule has 0 fully saturated rings. The number of hydrogen-bond donors (Lipinski definition) is 2. The molecule has 2 aromatic rings. The molecule has 0 aliphatic carbocycles. The van der Waals surface area contributed by atoms with Crippen molar-refractivity contribution in [3.8, 4) is 5.75 Å². The number of hydrogen-bond acceptors (Lipinski definition) is 5. The van der Waals surface area contributed by atoms with Crippen molar-refractivity contribution < 1.29 is 23.9 Å². The quantitative estimate of drug-likeness (QED) is 0.740. The largest absolute Gasteiger partial charge is 0.481 e. The third-order valence-corrected chi connectivity index (χ3v) is 3.44. The minimum Gasteiger partial charge on any atom is -0.481 e. The van der Waals surface area contributed by atoms with E-state index in [2.05, 4.69) is 15.4 Å². The summed E-state index contributed by atoms with van der Waals surface area (Å²) in [7, 11) is 1.24. The number of anilines is 1. The smallest absolute Gasteiger partial charge is 0.325 e. The predicted molar refractivity (Wildman–Crippen MR) is 96.0 cm³/mol. The fourth-order valence-corrected chi connectivity index (χ4v) is 2.07. The van der Waals surface area contributed by atoms with Crippen molar-refractivity contribution in [2.45, 2.75) is 13.0 Å². The molecule has 0 aromatic heterocycles. The molecule has 2 amide bonds. The number of para-hydroxylation sites is 1. The highest BCUT2D eigenvalue weighted by molar-refractivity contribution is 5.99. The van der Waals surface area contributed by atoms with Crippen molar-refractivity contribution in [3.63, 3.8) is 0 Å². The Balaban J connectivity index is 1.95. The Hall–Kier alpha value is -3.35. The summed E-state index contributed by atoms with van der Waals surface area (Å²) in [4.78, 5) is 35.4. The first-order valence-electron chi connectivity index (χ1n) is 7.97. The lowest BCUT2D eigenvalue weighted by molar-refractivity contribution is -0.139. The second-order valence-corrected chi connectivity index (χ2v) is 5.40. The summed E-state index contributed by atoms with van der Waals surface area (Å²) in [6, 6.07) is 15.4. The Morgan fingerprint density at radius 3 is 2.46 bits per heavy atom. The number of benzene rings is 2. The van der Waals surface area contributed by atoms with E-state index < -0.39 is 18.0 Å². The molecule has 0 bridgehead atoms. The van der Waals surface area contributed by atoms with Gasteiger partial charge in [0.25, 0.3) is 11.8 Å². The van der Waals surface area contributed by atoms with Crippen LogP contribution in [0.5, 0.6) is 5.75 Å². The number of nitrogens with one attached hydrogen (secondary N) is 2. The highest BCUT2D eigenvalue weighted by atomic mass is 16.5. The number of methoxy groups -OCH3 is 1. The number of carbonyl (C=O) groups excluding carboxylic acids is 3. The van der Waals surface area contributed by atoms with Crippen LogP contribution in [0.4, 0.5) is 5.69 Å². The van der Waals surface area contributed by atoms with Crippen molar-refractivity contribution in [1.29, 1.82) is 0 Å². The monoisotopic (exact) mass is 356 g/mol. The van der Waals surface area contributed by atoms with Gasteiger partial charge >= 0.3 is 5.97 Å². The Morgan fingerprint density at radius 2 is 1.77 bits per heavy atom. The van der Waals surface area contributed by atoms with Gasteiger partial charge in [-0.2, -0.15) is 0 Å². The number of carbonyl (C=O) groups is 3. The molecule has 0 aliphatic heterocycles. The van der Waals surface area contributed by atoms with E-state index in [0.717, 1.165) is 0 Å². The molecule has 2 N–H and O–H groups in total. The molecule has 0 aliphatic rings. The van der Waals surface area contributed by atoms with Crippen LogP contribution in [-0.4, -0.2) is 37.5 Å². The van der Waals surface area contributed by atoms with Crippen LogP contribution in [-0.2, 0) is 14.3 Å². The first-order valence-corrected chi connectivity index (χ1v) is 7.97. The maximum atomic E-state index is 12.3. The second kappa shape index (κ2) is 9.22. The molecule has 7 nitrogen and oxygen atoms in total. The number of rotatable bonds is 7. The van der Waals surface area contributed by atoms with Gasteiger partial charge in [-0.15, -0.1) is 0 Å². The molecule has 1 atom stereocenters. The van der Waals surface area contributed by atoms with Gasteiger partial charge in [0.05, 0.1) is 7.11 Å². The van der Waals surface area contributed by atoms with Gasteiger partial charge in [0.2, 0.25) is 0 Å². The highest BCUT2D eigenvalue weighted by Crippen LogP contribution is 2.14. The zero-order valence-corrected chi connectivity index (χ0v) is 14.5. The molecule has 0 spiro atoms. The van der Waals surface area contributed by atoms with Crippen LogP contribution >= 0.6 is 0 Å². The van der Waals surface area contributed by atoms with Crippen LogP contribution in [0.15, 0.2) is 54.6 Å². The standard InChI is InChI=1S/C19H20N2O5/c1-13(26-16-9-4-3-5-10-16)18(23)21-15-8-6-7-14(11-15)19(24)20-12-17(22)25-2/h3-11,13H,12H2,1-2H3,(H,20,24)(H,21,23). The number of ether oxygens (including phenoxy) is 2. The summed E-state index contributed by atoms with van der Waals surface area (Å²) in [6.45, 7) is 1.41. The fraction of sp³-hybridized carbons (Fsp3) is 0.211. The van der Waals surface area contributed by atoms with E-state index in [4.69, 9.17) is 4.74 Å². The second-order valence-electron chi connectivity index (χ2n) is 5.40. The van der Waals surface area contributed by atoms with E-state index >= 15 is 0 Å². The SMILES string of the molecule is COC(=O)CNC(=O)c1cccc(NC(=O)C(C)Oc2ccccc2)c1. The molecule has 2 aromatic carbocycles. The minimum atomic E-state index is -0.714. The number of amides is 2. The van der Waals surface area contributed by atoms with E-state index in [-0.39, 0.29) is 12.5 Å². The van der Waals surface area contributed by atoms with Crippen molar-refractivity contribution in [3.05, 3.63) is 60.2 Å². The molecular weight excluding hydrogens is 336 g/mol. The van der Waals surface area contributed by atoms with Gasteiger partial charge in [0.1, 0.15) is 12.3 Å². The molecule has 0 radical (unpaired) electrons. The lowest BCUT2D eigenvalue weighted by Gasteiger charge is -2.15. The Labute approximate surface area is 151 Å². The van der Waals surface area contributed by atoms with E-state index in [1.165, 1.54) is 13.2 Å². The summed E-state index contributed by atoms with van der Waals surface area (Å²) < 4.78 is 10.0. The lowest BCUT2D eigenvalue weighted by atomic mass is 10.2. The van der Waals surface area contributed by atoms with Gasteiger partial charge in [0, 0.05) is 11.3 Å². The Bertz CT molecular complexity index is 777. The summed E-state index contributed by atoms with van der Waals surface area (Å²) in [6.07, 6.45) is -0.714. The molecule has 0 saturated heterocycles. The predicted octanol–water partition coefficient (Wildman–Crippen LogP) is 2.00. The first-order chi connectivity index (χ1) is 12.5. The average Bonchev–Trinajstić information content (AvgIpc) is 2.66. The van der Waals surface area contributed by atoms with E-state index in [1.807, 2.05) is 18.2 Å². The van der Waals surface area contributed by atoms with E-state index in [0.29, 0.717) is 17.0 Å². The van der Waals surface area contributed by atoms with Crippen molar-refractivity contribution in [1.82, 2.24) is 5.32 Å². The van der Waals surface area contributed by atoms with Gasteiger partial charge in [-0.05, 0) is 37.3 Å². The first kappa shape index (κ1) is 19.0. The van der Waals surface area contributed by atoms with E-state index in [9.17, 15) is 14.4 Å². The molecule has 7 heteroatoms. The highest BCUT2D eigenvalue weighted by Gasteiger charge is 2.16. The molecule has 2 rings (SSSR count). The maximum Gasteiger partial charge on any atom is 0.325 e. The van der Waals surface area contributed by atoms with Crippen LogP contribution in [0.2, 0.25) is 0 Å². The molecular formula is C19H20N2O5. The molecule has 136 valence electrons. The summed E-state index contributed by atoms with van der Waals surface area (Å²) in [5, 5.41) is 5.13. The van der Waals surface area contributed by atoms with Crippen LogP contribution < -0.4 is 15.4 Å². The summed E-state index contributed by atoms with van der Waals surface area (Å²) in [5.74, 6) is -0.748. The van der Waals surface area contributed by atoms with Gasteiger partial charge < -0.3 is 20.1 Å². The zero-order chi connectivity index (χ0) is 18.9. The summed E-state index contributed by atoms with van der Waals surface area (Å²) >= 11 is 0. The molecule has 0 saturated carbocycles. The normalized spacial score (nSPS) is 11.2. The zero-order valence-electron chi connectivity index (χ0n) is 14.5. The van der Waals surface area contributed by atoms with Crippen LogP contribution in [0.3, 0.4) is 0 Å². The van der Waals surface area contributed by atoms with Crippen LogP contribution in [0.25, 0.3) is 0 Å². The number of esters is 1. The third kappa shape index (κ3) is 5.62. The fourth-order valence-electron chi connectivity index (χ4n) is 2.07. The van der Waals surface area contributed by atoms with E-state index in [1.54, 1.807) is 37.3 Å². The minimum absolute atomic E-state index is 0.228. The topological polar surface area (TPSA) is 93.7 Å². The van der Waals surface area contributed by atoms with Gasteiger partial charge in [-0.1, -0.05) is 24.3 Å². The maximum absolute atomic E-state index is 12.3. The summed E-state index contributed by atoms with van der Waals surface area (Å²) in [5.41, 5.74) is 0.757. The van der Waals surface area contributed by atoms with Gasteiger partial charge in [-0.3, -0.25) is 14.4 Å².